The number of nitrogens with one attached hydrogen (secondary N) is 1. The van der Waals surface area contributed by atoms with Gasteiger partial charge in [-0.15, -0.1) is 10.2 Å². The minimum absolute atomic E-state index is 0.00716. The molecule has 2 heterocycles. The van der Waals surface area contributed by atoms with E-state index in [0.29, 0.717) is 11.7 Å². The maximum atomic E-state index is 12.2. The first kappa shape index (κ1) is 18.0. The highest BCUT2D eigenvalue weighted by molar-refractivity contribution is 7.99. The largest absolute Gasteiger partial charge is 0.325 e. The van der Waals surface area contributed by atoms with Gasteiger partial charge in [0.1, 0.15) is 5.82 Å². The van der Waals surface area contributed by atoms with E-state index in [-0.39, 0.29) is 5.91 Å². The van der Waals surface area contributed by atoms with E-state index in [9.17, 15) is 4.79 Å². The molecule has 0 saturated heterocycles. The van der Waals surface area contributed by atoms with Gasteiger partial charge in [0.15, 0.2) is 5.16 Å². The van der Waals surface area contributed by atoms with Crippen LogP contribution in [0.15, 0.2) is 29.4 Å². The van der Waals surface area contributed by atoms with Crippen LogP contribution in [0.25, 0.3) is 0 Å². The molecule has 0 unspecified atom stereocenters. The Morgan fingerprint density at radius 2 is 2.04 bits per heavy atom. The van der Waals surface area contributed by atoms with E-state index in [1.807, 2.05) is 12.1 Å². The number of amides is 1. The minimum atomic E-state index is -0.00716. The molecule has 3 rings (SSSR count). The van der Waals surface area contributed by atoms with Gasteiger partial charge in [-0.05, 0) is 42.9 Å². The van der Waals surface area contributed by atoms with Gasteiger partial charge >= 0.3 is 0 Å². The fraction of sp³-hybridized carbons (Fsp3) is 0.526. The van der Waals surface area contributed by atoms with Crippen molar-refractivity contribution in [3.63, 3.8) is 0 Å². The van der Waals surface area contributed by atoms with Crippen molar-refractivity contribution in [1.29, 1.82) is 0 Å². The highest BCUT2D eigenvalue weighted by Crippen LogP contribution is 2.23. The van der Waals surface area contributed by atoms with Crippen LogP contribution >= 0.6 is 11.8 Å². The SMILES string of the molecule is CC[C@@H](C)c1ccc(NC(=O)CSc2nnc3n2CCCCC3)cc1. The fourth-order valence-corrected chi connectivity index (χ4v) is 3.81. The number of rotatable bonds is 6. The Morgan fingerprint density at radius 1 is 1.24 bits per heavy atom. The van der Waals surface area contributed by atoms with E-state index in [1.165, 1.54) is 30.2 Å². The number of fused-ring (bicyclic) bond motifs is 1. The van der Waals surface area contributed by atoms with Crippen molar-refractivity contribution in [3.8, 4) is 0 Å². The van der Waals surface area contributed by atoms with Crippen LogP contribution in [0, 0.1) is 0 Å². The average Bonchev–Trinajstić information content (AvgIpc) is 2.86. The summed E-state index contributed by atoms with van der Waals surface area (Å²) in [5.41, 5.74) is 2.15. The standard InChI is InChI=1S/C19H26N4OS/c1-3-14(2)15-8-10-16(11-9-15)20-18(24)13-25-19-22-21-17-7-5-4-6-12-23(17)19/h8-11,14H,3-7,12-13H2,1-2H3,(H,20,24)/t14-/m1/s1. The second kappa shape index (κ2) is 8.52. The van der Waals surface area contributed by atoms with Crippen LogP contribution in [0.5, 0.6) is 0 Å². The molecule has 1 aromatic heterocycles. The summed E-state index contributed by atoms with van der Waals surface area (Å²) in [5, 5.41) is 12.4. The Balaban J connectivity index is 1.54. The molecule has 1 aromatic carbocycles. The highest BCUT2D eigenvalue weighted by Gasteiger charge is 2.16. The molecule has 1 aliphatic rings. The number of aryl methyl sites for hydroxylation is 1. The summed E-state index contributed by atoms with van der Waals surface area (Å²) in [4.78, 5) is 12.2. The van der Waals surface area contributed by atoms with E-state index < -0.39 is 0 Å². The topological polar surface area (TPSA) is 59.8 Å². The Labute approximate surface area is 153 Å². The monoisotopic (exact) mass is 358 g/mol. The zero-order valence-corrected chi connectivity index (χ0v) is 15.8. The molecule has 1 atom stereocenters. The number of carbonyl (C=O) groups excluding carboxylic acids is 1. The lowest BCUT2D eigenvalue weighted by Gasteiger charge is -2.10. The van der Waals surface area contributed by atoms with E-state index >= 15 is 0 Å². The van der Waals surface area contributed by atoms with Gasteiger partial charge in [0.25, 0.3) is 0 Å². The lowest BCUT2D eigenvalue weighted by Crippen LogP contribution is -2.14. The Bertz CT molecular complexity index is 711. The van der Waals surface area contributed by atoms with Crippen LogP contribution < -0.4 is 5.32 Å². The van der Waals surface area contributed by atoms with Crippen molar-refractivity contribution in [3.05, 3.63) is 35.7 Å². The molecule has 134 valence electrons. The summed E-state index contributed by atoms with van der Waals surface area (Å²) >= 11 is 1.47. The average molecular weight is 359 g/mol. The van der Waals surface area contributed by atoms with Crippen LogP contribution in [0.1, 0.15) is 56.8 Å². The summed E-state index contributed by atoms with van der Waals surface area (Å²) in [7, 11) is 0. The minimum Gasteiger partial charge on any atom is -0.325 e. The van der Waals surface area contributed by atoms with Crippen molar-refractivity contribution >= 4 is 23.4 Å². The second-order valence-corrected chi connectivity index (χ2v) is 7.57. The smallest absolute Gasteiger partial charge is 0.234 e. The van der Waals surface area contributed by atoms with Gasteiger partial charge < -0.3 is 9.88 Å². The number of thioether (sulfide) groups is 1. The van der Waals surface area contributed by atoms with Crippen LogP contribution in [0.4, 0.5) is 5.69 Å². The molecule has 1 amide bonds. The van der Waals surface area contributed by atoms with Crippen molar-refractivity contribution in [1.82, 2.24) is 14.8 Å². The van der Waals surface area contributed by atoms with Crippen molar-refractivity contribution in [2.24, 2.45) is 0 Å². The Morgan fingerprint density at radius 3 is 2.80 bits per heavy atom. The Kier molecular flexibility index (Phi) is 6.13. The number of hydrogen-bond donors (Lipinski definition) is 1. The van der Waals surface area contributed by atoms with Crippen LogP contribution in [0.2, 0.25) is 0 Å². The number of benzene rings is 1. The fourth-order valence-electron chi connectivity index (χ4n) is 3.02. The predicted molar refractivity (Wildman–Crippen MR) is 102 cm³/mol. The predicted octanol–water partition coefficient (Wildman–Crippen LogP) is 4.25. The summed E-state index contributed by atoms with van der Waals surface area (Å²) in [6.07, 6.45) is 5.68. The van der Waals surface area contributed by atoms with Gasteiger partial charge in [-0.2, -0.15) is 0 Å². The molecular weight excluding hydrogens is 332 g/mol. The third-order valence-corrected chi connectivity index (χ3v) is 5.75. The molecule has 0 spiro atoms. The molecular formula is C19H26N4OS. The summed E-state index contributed by atoms with van der Waals surface area (Å²) in [6, 6.07) is 8.14. The first-order valence-electron chi connectivity index (χ1n) is 9.12. The van der Waals surface area contributed by atoms with Gasteiger partial charge in [0.2, 0.25) is 5.91 Å². The van der Waals surface area contributed by atoms with E-state index in [4.69, 9.17) is 0 Å². The molecule has 1 aliphatic heterocycles. The molecule has 0 bridgehead atoms. The van der Waals surface area contributed by atoms with Gasteiger partial charge in [0, 0.05) is 18.7 Å². The number of carbonyl (C=O) groups is 1. The molecule has 25 heavy (non-hydrogen) atoms. The highest BCUT2D eigenvalue weighted by atomic mass is 32.2. The van der Waals surface area contributed by atoms with Crippen LogP contribution in [-0.2, 0) is 17.8 Å². The third-order valence-electron chi connectivity index (χ3n) is 4.78. The van der Waals surface area contributed by atoms with Gasteiger partial charge in [0.05, 0.1) is 5.75 Å². The number of nitrogens with zero attached hydrogens (tertiary/aromatic N) is 3. The lowest BCUT2D eigenvalue weighted by molar-refractivity contribution is -0.113. The van der Waals surface area contributed by atoms with E-state index in [2.05, 4.69) is 46.1 Å². The number of hydrogen-bond acceptors (Lipinski definition) is 4. The molecule has 0 saturated carbocycles. The first-order chi connectivity index (χ1) is 12.2. The van der Waals surface area contributed by atoms with Crippen LogP contribution in [-0.4, -0.2) is 26.4 Å². The van der Waals surface area contributed by atoms with E-state index in [1.54, 1.807) is 0 Å². The summed E-state index contributed by atoms with van der Waals surface area (Å²) < 4.78 is 2.17. The maximum Gasteiger partial charge on any atom is 0.234 e. The zero-order valence-electron chi connectivity index (χ0n) is 15.0. The van der Waals surface area contributed by atoms with Crippen molar-refractivity contribution in [2.75, 3.05) is 11.1 Å². The Hall–Kier alpha value is -1.82. The summed E-state index contributed by atoms with van der Waals surface area (Å²) in [6.45, 7) is 5.36. The van der Waals surface area contributed by atoms with Crippen molar-refractivity contribution in [2.45, 2.75) is 63.6 Å². The lowest BCUT2D eigenvalue weighted by atomic mass is 9.99. The van der Waals surface area contributed by atoms with Gasteiger partial charge in [-0.25, -0.2) is 0 Å². The quantitative estimate of drug-likeness (QED) is 0.784. The summed E-state index contributed by atoms with van der Waals surface area (Å²) in [5.74, 6) is 1.95. The molecule has 0 radical (unpaired) electrons. The first-order valence-corrected chi connectivity index (χ1v) is 10.1. The molecule has 2 aromatic rings. The second-order valence-electron chi connectivity index (χ2n) is 6.63. The molecule has 0 aliphatic carbocycles. The number of anilines is 1. The number of aromatic nitrogens is 3. The third kappa shape index (κ3) is 4.63. The molecule has 5 nitrogen and oxygen atoms in total. The molecule has 0 fully saturated rings. The molecule has 6 heteroatoms. The molecule has 1 N–H and O–H groups in total. The van der Waals surface area contributed by atoms with E-state index in [0.717, 1.165) is 42.5 Å². The normalized spacial score (nSPS) is 15.3. The van der Waals surface area contributed by atoms with Gasteiger partial charge in [-0.1, -0.05) is 44.2 Å². The zero-order chi connectivity index (χ0) is 17.6. The van der Waals surface area contributed by atoms with Crippen LogP contribution in [0.3, 0.4) is 0 Å². The van der Waals surface area contributed by atoms with Crippen molar-refractivity contribution < 1.29 is 4.79 Å². The van der Waals surface area contributed by atoms with Gasteiger partial charge in [-0.3, -0.25) is 4.79 Å². The maximum absolute atomic E-state index is 12.2.